The van der Waals surface area contributed by atoms with Gasteiger partial charge < -0.3 is 0 Å². The Morgan fingerprint density at radius 3 is 2.61 bits per heavy atom. The Labute approximate surface area is 114 Å². The summed E-state index contributed by atoms with van der Waals surface area (Å²) in [5.41, 5.74) is 0.923. The number of methoxy groups -OCH3 is 1. The number of hydrogen-bond acceptors (Lipinski definition) is 2. The van der Waals surface area contributed by atoms with Crippen molar-refractivity contribution in [3.05, 3.63) is 60.2 Å². The SMILES string of the molecule is COc1cccc([C@@H](O)C[Se]c2ccccc2)c1. The molecule has 0 bridgehead atoms. The van der Waals surface area contributed by atoms with Gasteiger partial charge in [0.25, 0.3) is 0 Å². The van der Waals surface area contributed by atoms with Crippen molar-refractivity contribution >= 4 is 19.4 Å². The Balaban J connectivity index is 1.97. The number of aliphatic hydroxyl groups excluding tert-OH is 1. The normalized spacial score (nSPS) is 12.1. The van der Waals surface area contributed by atoms with Crippen molar-refractivity contribution in [1.82, 2.24) is 0 Å². The minimum absolute atomic E-state index is 0.295. The van der Waals surface area contributed by atoms with E-state index in [4.69, 9.17) is 4.74 Å². The van der Waals surface area contributed by atoms with Gasteiger partial charge in [-0.05, 0) is 0 Å². The first kappa shape index (κ1) is 13.2. The average molecular weight is 307 g/mol. The van der Waals surface area contributed by atoms with Crippen LogP contribution in [-0.2, 0) is 0 Å². The van der Waals surface area contributed by atoms with E-state index in [1.165, 1.54) is 4.46 Å². The molecule has 0 heterocycles. The van der Waals surface area contributed by atoms with Crippen molar-refractivity contribution in [2.24, 2.45) is 0 Å². The molecule has 3 heteroatoms. The zero-order chi connectivity index (χ0) is 12.8. The second-order valence-corrected chi connectivity index (χ2v) is 6.21. The van der Waals surface area contributed by atoms with E-state index in [0.29, 0.717) is 15.0 Å². The third kappa shape index (κ3) is 3.61. The molecule has 0 aliphatic carbocycles. The van der Waals surface area contributed by atoms with E-state index >= 15 is 0 Å². The third-order valence-corrected chi connectivity index (χ3v) is 4.91. The van der Waals surface area contributed by atoms with Gasteiger partial charge in [0.2, 0.25) is 0 Å². The molecule has 0 aliphatic rings. The van der Waals surface area contributed by atoms with Gasteiger partial charge >= 0.3 is 114 Å². The summed E-state index contributed by atoms with van der Waals surface area (Å²) in [4.78, 5) is 0. The summed E-state index contributed by atoms with van der Waals surface area (Å²) in [6.07, 6.45) is -0.416. The predicted molar refractivity (Wildman–Crippen MR) is 74.6 cm³/mol. The summed E-state index contributed by atoms with van der Waals surface area (Å²) in [7, 11) is 1.64. The summed E-state index contributed by atoms with van der Waals surface area (Å²) in [6.45, 7) is 0. The molecule has 2 aromatic rings. The average Bonchev–Trinajstić information content (AvgIpc) is 2.46. The maximum absolute atomic E-state index is 10.2. The zero-order valence-corrected chi connectivity index (χ0v) is 12.0. The van der Waals surface area contributed by atoms with Crippen LogP contribution in [0.2, 0.25) is 5.32 Å². The second-order valence-electron chi connectivity index (χ2n) is 3.92. The van der Waals surface area contributed by atoms with Gasteiger partial charge in [-0.25, -0.2) is 0 Å². The van der Waals surface area contributed by atoms with Gasteiger partial charge in [0.15, 0.2) is 0 Å². The maximum atomic E-state index is 10.2. The summed E-state index contributed by atoms with van der Waals surface area (Å²) in [5.74, 6) is 0.791. The zero-order valence-electron chi connectivity index (χ0n) is 10.2. The van der Waals surface area contributed by atoms with Crippen LogP contribution in [0.5, 0.6) is 5.75 Å². The molecule has 1 atom stereocenters. The molecule has 18 heavy (non-hydrogen) atoms. The van der Waals surface area contributed by atoms with Gasteiger partial charge in [-0.2, -0.15) is 0 Å². The van der Waals surface area contributed by atoms with Crippen LogP contribution in [-0.4, -0.2) is 27.2 Å². The molecule has 0 saturated carbocycles. The summed E-state index contributed by atoms with van der Waals surface area (Å²) in [5, 5.41) is 10.9. The van der Waals surface area contributed by atoms with Crippen molar-refractivity contribution in [2.45, 2.75) is 11.4 Å². The van der Waals surface area contributed by atoms with Crippen LogP contribution < -0.4 is 9.20 Å². The molecule has 0 unspecified atom stereocenters. The van der Waals surface area contributed by atoms with Gasteiger partial charge in [-0.1, -0.05) is 0 Å². The Morgan fingerprint density at radius 1 is 1.11 bits per heavy atom. The van der Waals surface area contributed by atoms with E-state index in [0.717, 1.165) is 16.6 Å². The number of aliphatic hydroxyl groups is 1. The summed E-state index contributed by atoms with van der Waals surface area (Å²) >= 11 is 0.295. The molecule has 0 fully saturated rings. The van der Waals surface area contributed by atoms with E-state index in [-0.39, 0.29) is 0 Å². The minimum atomic E-state index is -0.416. The van der Waals surface area contributed by atoms with Crippen LogP contribution in [0.15, 0.2) is 54.6 Å². The van der Waals surface area contributed by atoms with Crippen molar-refractivity contribution < 1.29 is 9.84 Å². The summed E-state index contributed by atoms with van der Waals surface area (Å²) < 4.78 is 6.47. The van der Waals surface area contributed by atoms with Crippen LogP contribution in [0, 0.1) is 0 Å². The van der Waals surface area contributed by atoms with E-state index in [9.17, 15) is 5.11 Å². The molecule has 0 amide bonds. The molecule has 0 radical (unpaired) electrons. The Hall–Kier alpha value is -1.28. The fraction of sp³-hybridized carbons (Fsp3) is 0.200. The van der Waals surface area contributed by atoms with E-state index in [1.54, 1.807) is 7.11 Å². The monoisotopic (exact) mass is 308 g/mol. The number of ether oxygens (including phenoxy) is 1. The first-order chi connectivity index (χ1) is 8.79. The van der Waals surface area contributed by atoms with Gasteiger partial charge in [0, 0.05) is 0 Å². The van der Waals surface area contributed by atoms with Crippen molar-refractivity contribution in [2.75, 3.05) is 7.11 Å². The Bertz CT molecular complexity index is 485. The molecule has 94 valence electrons. The molecule has 1 N–H and O–H groups in total. The number of hydrogen-bond donors (Lipinski definition) is 1. The van der Waals surface area contributed by atoms with Crippen LogP contribution in [0.4, 0.5) is 0 Å². The number of benzene rings is 2. The van der Waals surface area contributed by atoms with Gasteiger partial charge in [-0.15, -0.1) is 0 Å². The first-order valence-corrected chi connectivity index (χ1v) is 7.86. The molecule has 0 aliphatic heterocycles. The van der Waals surface area contributed by atoms with Crippen LogP contribution in [0.3, 0.4) is 0 Å². The predicted octanol–water partition coefficient (Wildman–Crippen LogP) is 2.18. The molecular weight excluding hydrogens is 291 g/mol. The van der Waals surface area contributed by atoms with Crippen molar-refractivity contribution in [1.29, 1.82) is 0 Å². The van der Waals surface area contributed by atoms with E-state index in [1.807, 2.05) is 42.5 Å². The van der Waals surface area contributed by atoms with E-state index < -0.39 is 6.10 Å². The summed E-state index contributed by atoms with van der Waals surface area (Å²) in [6, 6.07) is 17.9. The van der Waals surface area contributed by atoms with Crippen LogP contribution >= 0.6 is 0 Å². The van der Waals surface area contributed by atoms with Crippen LogP contribution in [0.25, 0.3) is 0 Å². The van der Waals surface area contributed by atoms with Crippen LogP contribution in [0.1, 0.15) is 11.7 Å². The van der Waals surface area contributed by atoms with Gasteiger partial charge in [0.05, 0.1) is 0 Å². The fourth-order valence-corrected chi connectivity index (χ4v) is 3.51. The topological polar surface area (TPSA) is 29.5 Å². The standard InChI is InChI=1S/C15H16O2Se/c1-17-13-7-5-6-12(10-13)15(16)11-18-14-8-3-2-4-9-14/h2-10,15-16H,11H2,1H3/t15-/m0/s1. The molecule has 0 aromatic heterocycles. The Morgan fingerprint density at radius 2 is 1.89 bits per heavy atom. The molecular formula is C15H16O2Se. The van der Waals surface area contributed by atoms with Crippen molar-refractivity contribution in [3.63, 3.8) is 0 Å². The molecule has 2 aromatic carbocycles. The quantitative estimate of drug-likeness (QED) is 0.858. The number of rotatable bonds is 5. The fourth-order valence-electron chi connectivity index (χ4n) is 1.64. The van der Waals surface area contributed by atoms with Gasteiger partial charge in [0.1, 0.15) is 0 Å². The second kappa shape index (κ2) is 6.60. The molecule has 2 nitrogen and oxygen atoms in total. The third-order valence-electron chi connectivity index (χ3n) is 2.63. The Kier molecular flexibility index (Phi) is 4.82. The van der Waals surface area contributed by atoms with E-state index in [2.05, 4.69) is 12.1 Å². The molecule has 0 spiro atoms. The molecule has 2 rings (SSSR count). The van der Waals surface area contributed by atoms with Gasteiger partial charge in [-0.3, -0.25) is 0 Å². The molecule has 0 saturated heterocycles. The van der Waals surface area contributed by atoms with Crippen molar-refractivity contribution in [3.8, 4) is 5.75 Å². The first-order valence-electron chi connectivity index (χ1n) is 5.79.